The first kappa shape index (κ1) is 16.0. The number of nitrogens with two attached hydrogens (primary N) is 1. The van der Waals surface area contributed by atoms with E-state index in [1.165, 1.54) is 5.56 Å². The molecule has 1 rings (SSSR count). The lowest BCUT2D eigenvalue weighted by molar-refractivity contribution is 0.0875. The van der Waals surface area contributed by atoms with Crippen LogP contribution < -0.4 is 10.5 Å². The topological polar surface area (TPSA) is 55.5 Å². The van der Waals surface area contributed by atoms with Crippen LogP contribution in [0.5, 0.6) is 5.75 Å². The second-order valence-corrected chi connectivity index (χ2v) is 5.84. The van der Waals surface area contributed by atoms with Crippen LogP contribution in [0, 0.1) is 26.7 Å². The molecular formula is C16H27NO2. The number of aryl methyl sites for hydroxylation is 2. The number of hydrogen-bond donors (Lipinski definition) is 2. The fourth-order valence-electron chi connectivity index (χ4n) is 2.24. The van der Waals surface area contributed by atoms with Crippen molar-refractivity contribution in [2.45, 2.75) is 53.2 Å². The first-order chi connectivity index (χ1) is 8.85. The van der Waals surface area contributed by atoms with Gasteiger partial charge < -0.3 is 15.6 Å². The Bertz CT molecular complexity index is 415. The first-order valence-electron chi connectivity index (χ1n) is 6.96. The number of aliphatic hydroxyl groups is 1. The molecular weight excluding hydrogens is 238 g/mol. The minimum atomic E-state index is -0.345. The molecule has 0 radical (unpaired) electrons. The van der Waals surface area contributed by atoms with Crippen LogP contribution in [0.2, 0.25) is 0 Å². The molecule has 0 aromatic heterocycles. The van der Waals surface area contributed by atoms with Crippen LogP contribution >= 0.6 is 0 Å². The summed E-state index contributed by atoms with van der Waals surface area (Å²) in [6.45, 7) is 10.3. The molecule has 0 aliphatic carbocycles. The minimum absolute atomic E-state index is 0.0552. The van der Waals surface area contributed by atoms with Gasteiger partial charge in [-0.05, 0) is 55.9 Å². The van der Waals surface area contributed by atoms with Crippen LogP contribution in [0.3, 0.4) is 0 Å². The average molecular weight is 265 g/mol. The number of hydrogen-bond acceptors (Lipinski definition) is 3. The van der Waals surface area contributed by atoms with Crippen LogP contribution in [0.1, 0.15) is 37.0 Å². The summed E-state index contributed by atoms with van der Waals surface area (Å²) in [7, 11) is 0. The molecule has 3 nitrogen and oxygen atoms in total. The lowest BCUT2D eigenvalue weighted by Gasteiger charge is -2.26. The van der Waals surface area contributed by atoms with E-state index in [4.69, 9.17) is 10.5 Å². The van der Waals surface area contributed by atoms with Crippen molar-refractivity contribution >= 4 is 0 Å². The minimum Gasteiger partial charge on any atom is -0.486 e. The van der Waals surface area contributed by atoms with Gasteiger partial charge in [0.25, 0.3) is 0 Å². The Labute approximate surface area is 116 Å². The highest BCUT2D eigenvalue weighted by atomic mass is 16.5. The molecule has 0 bridgehead atoms. The molecule has 0 heterocycles. The molecule has 0 saturated carbocycles. The molecule has 0 spiro atoms. The third kappa shape index (κ3) is 4.51. The maximum atomic E-state index is 9.50. The molecule has 0 aliphatic heterocycles. The Morgan fingerprint density at radius 3 is 2.37 bits per heavy atom. The van der Waals surface area contributed by atoms with Gasteiger partial charge in [-0.15, -0.1) is 0 Å². The number of benzene rings is 1. The Morgan fingerprint density at radius 2 is 1.84 bits per heavy atom. The van der Waals surface area contributed by atoms with Gasteiger partial charge in [-0.2, -0.15) is 0 Å². The van der Waals surface area contributed by atoms with Crippen molar-refractivity contribution < 1.29 is 9.84 Å². The van der Waals surface area contributed by atoms with E-state index in [9.17, 15) is 5.11 Å². The van der Waals surface area contributed by atoms with E-state index < -0.39 is 0 Å². The molecule has 108 valence electrons. The van der Waals surface area contributed by atoms with Gasteiger partial charge in [0, 0.05) is 6.04 Å². The van der Waals surface area contributed by atoms with E-state index in [0.717, 1.165) is 23.3 Å². The van der Waals surface area contributed by atoms with Crippen molar-refractivity contribution in [3.05, 3.63) is 28.8 Å². The predicted molar refractivity (Wildman–Crippen MR) is 79.6 cm³/mol. The highest BCUT2D eigenvalue weighted by Crippen LogP contribution is 2.25. The van der Waals surface area contributed by atoms with Crippen LogP contribution in [-0.4, -0.2) is 23.9 Å². The summed E-state index contributed by atoms with van der Waals surface area (Å²) >= 11 is 0. The van der Waals surface area contributed by atoms with E-state index in [0.29, 0.717) is 5.92 Å². The molecule has 3 heteroatoms. The van der Waals surface area contributed by atoms with Gasteiger partial charge in [0.15, 0.2) is 0 Å². The van der Waals surface area contributed by atoms with Gasteiger partial charge in [-0.25, -0.2) is 0 Å². The second kappa shape index (κ2) is 6.92. The van der Waals surface area contributed by atoms with Crippen LogP contribution in [0.15, 0.2) is 12.1 Å². The maximum Gasteiger partial charge on any atom is 0.137 e. The zero-order chi connectivity index (χ0) is 14.6. The summed E-state index contributed by atoms with van der Waals surface area (Å²) in [6.07, 6.45) is 0.497. The van der Waals surface area contributed by atoms with E-state index in [2.05, 4.69) is 26.8 Å². The molecule has 1 aromatic carbocycles. The zero-order valence-electron chi connectivity index (χ0n) is 12.7. The van der Waals surface area contributed by atoms with Gasteiger partial charge in [-0.3, -0.25) is 0 Å². The largest absolute Gasteiger partial charge is 0.486 e. The first-order valence-corrected chi connectivity index (χ1v) is 6.96. The number of ether oxygens (including phenoxy) is 1. The van der Waals surface area contributed by atoms with Crippen LogP contribution in [-0.2, 0) is 0 Å². The highest BCUT2D eigenvalue weighted by molar-refractivity contribution is 5.42. The Kier molecular flexibility index (Phi) is 5.83. The standard InChI is InChI=1S/C16H27NO2/c1-10(2)6-14(17)16(9-18)19-15-8-11(3)7-12(4)13(15)5/h7-8,10,14,16,18H,6,9,17H2,1-5H3. The van der Waals surface area contributed by atoms with Crippen molar-refractivity contribution in [3.8, 4) is 5.75 Å². The monoisotopic (exact) mass is 265 g/mol. The summed E-state index contributed by atoms with van der Waals surface area (Å²) < 4.78 is 5.94. The molecule has 0 fully saturated rings. The molecule has 0 aliphatic rings. The summed E-state index contributed by atoms with van der Waals surface area (Å²) in [5, 5.41) is 9.50. The number of rotatable bonds is 6. The van der Waals surface area contributed by atoms with Gasteiger partial charge in [0.05, 0.1) is 6.61 Å². The fourth-order valence-corrected chi connectivity index (χ4v) is 2.24. The molecule has 19 heavy (non-hydrogen) atoms. The molecule has 2 unspecified atom stereocenters. The van der Waals surface area contributed by atoms with E-state index in [-0.39, 0.29) is 18.8 Å². The summed E-state index contributed by atoms with van der Waals surface area (Å²) in [5.74, 6) is 1.32. The maximum absolute atomic E-state index is 9.50. The Morgan fingerprint density at radius 1 is 1.21 bits per heavy atom. The van der Waals surface area contributed by atoms with Crippen molar-refractivity contribution in [1.82, 2.24) is 0 Å². The fraction of sp³-hybridized carbons (Fsp3) is 0.625. The van der Waals surface area contributed by atoms with Gasteiger partial charge in [0.1, 0.15) is 11.9 Å². The summed E-state index contributed by atoms with van der Waals surface area (Å²) in [6, 6.07) is 3.99. The zero-order valence-corrected chi connectivity index (χ0v) is 12.7. The van der Waals surface area contributed by atoms with E-state index >= 15 is 0 Å². The van der Waals surface area contributed by atoms with Crippen LogP contribution in [0.4, 0.5) is 0 Å². The van der Waals surface area contributed by atoms with Gasteiger partial charge in [-0.1, -0.05) is 19.9 Å². The normalized spacial score (nSPS) is 14.5. The third-order valence-corrected chi connectivity index (χ3v) is 3.44. The smallest absolute Gasteiger partial charge is 0.137 e. The lowest BCUT2D eigenvalue weighted by atomic mass is 10.00. The SMILES string of the molecule is Cc1cc(C)c(C)c(OC(CO)C(N)CC(C)C)c1. The highest BCUT2D eigenvalue weighted by Gasteiger charge is 2.21. The predicted octanol–water partition coefficient (Wildman–Crippen LogP) is 2.72. The Balaban J connectivity index is 2.86. The third-order valence-electron chi connectivity index (χ3n) is 3.44. The lowest BCUT2D eigenvalue weighted by Crippen LogP contribution is -2.42. The van der Waals surface area contributed by atoms with E-state index in [1.807, 2.05) is 19.9 Å². The molecule has 0 saturated heterocycles. The van der Waals surface area contributed by atoms with E-state index in [1.54, 1.807) is 0 Å². The summed E-state index contributed by atoms with van der Waals surface area (Å²) in [4.78, 5) is 0. The Hall–Kier alpha value is -1.06. The molecule has 2 atom stereocenters. The van der Waals surface area contributed by atoms with Crippen molar-refractivity contribution in [2.24, 2.45) is 11.7 Å². The van der Waals surface area contributed by atoms with Crippen molar-refractivity contribution in [2.75, 3.05) is 6.61 Å². The molecule has 1 aromatic rings. The van der Waals surface area contributed by atoms with Crippen molar-refractivity contribution in [3.63, 3.8) is 0 Å². The van der Waals surface area contributed by atoms with Gasteiger partial charge in [0.2, 0.25) is 0 Å². The van der Waals surface area contributed by atoms with Crippen molar-refractivity contribution in [1.29, 1.82) is 0 Å². The second-order valence-electron chi connectivity index (χ2n) is 5.84. The average Bonchev–Trinajstić information content (AvgIpc) is 2.30. The molecule has 3 N–H and O–H groups in total. The van der Waals surface area contributed by atoms with Crippen LogP contribution in [0.25, 0.3) is 0 Å². The summed E-state index contributed by atoms with van der Waals surface area (Å²) in [5.41, 5.74) is 9.59. The quantitative estimate of drug-likeness (QED) is 0.831. The number of aliphatic hydroxyl groups excluding tert-OH is 1. The molecule has 0 amide bonds. The van der Waals surface area contributed by atoms with Gasteiger partial charge >= 0.3 is 0 Å².